The highest BCUT2D eigenvalue weighted by atomic mass is 16.5. The van der Waals surface area contributed by atoms with Gasteiger partial charge in [-0.05, 0) is 19.8 Å². The Morgan fingerprint density at radius 3 is 3.00 bits per heavy atom. The fourth-order valence-electron chi connectivity index (χ4n) is 2.38. The van der Waals surface area contributed by atoms with Crippen LogP contribution in [0.15, 0.2) is 12.4 Å². The van der Waals surface area contributed by atoms with E-state index in [0.29, 0.717) is 32.7 Å². The number of ether oxygens (including phenoxy) is 1. The Bertz CT molecular complexity index is 446. The lowest BCUT2D eigenvalue weighted by Gasteiger charge is -2.31. The summed E-state index contributed by atoms with van der Waals surface area (Å²) >= 11 is 0. The van der Waals surface area contributed by atoms with Gasteiger partial charge in [-0.2, -0.15) is 0 Å². The first-order chi connectivity index (χ1) is 9.70. The van der Waals surface area contributed by atoms with Crippen LogP contribution in [0.3, 0.4) is 0 Å². The van der Waals surface area contributed by atoms with E-state index in [1.165, 1.54) is 0 Å². The van der Waals surface area contributed by atoms with E-state index >= 15 is 0 Å². The van der Waals surface area contributed by atoms with Crippen molar-refractivity contribution in [3.05, 3.63) is 12.4 Å². The maximum atomic E-state index is 12.1. The molecule has 0 N–H and O–H groups in total. The first-order valence-electron chi connectivity index (χ1n) is 6.99. The number of nitrogens with zero attached hydrogens (tertiary/aromatic N) is 4. The second kappa shape index (κ2) is 7.02. The van der Waals surface area contributed by atoms with Crippen molar-refractivity contribution in [2.24, 2.45) is 5.92 Å². The molecule has 0 aliphatic carbocycles. The number of amides is 1. The Kier molecular flexibility index (Phi) is 5.09. The number of carbonyl (C=O) groups excluding carboxylic acids is 2. The van der Waals surface area contributed by atoms with Crippen LogP contribution in [0.2, 0.25) is 0 Å². The molecule has 0 spiro atoms. The van der Waals surface area contributed by atoms with E-state index < -0.39 is 0 Å². The molecule has 1 aromatic heterocycles. The molecule has 1 amide bonds. The number of piperidine rings is 1. The smallest absolute Gasteiger partial charge is 0.310 e. The number of aryl methyl sites for hydroxylation is 1. The molecule has 2 heterocycles. The molecule has 20 heavy (non-hydrogen) atoms. The SMILES string of the molecule is CCOC(=O)[C@@H]1CCCN(C(=O)CCn2ccnn2)C1. The summed E-state index contributed by atoms with van der Waals surface area (Å²) in [6, 6.07) is 0. The standard InChI is InChI=1S/C13H20N4O3/c1-2-20-13(19)11-4-3-7-16(10-11)12(18)5-8-17-9-6-14-15-17/h6,9,11H,2-5,7-8,10H2,1H3/t11-/m1/s1. The van der Waals surface area contributed by atoms with Crippen molar-refractivity contribution in [2.45, 2.75) is 32.7 Å². The lowest BCUT2D eigenvalue weighted by molar-refractivity contribution is -0.151. The highest BCUT2D eigenvalue weighted by molar-refractivity contribution is 5.78. The Labute approximate surface area is 117 Å². The second-order valence-corrected chi connectivity index (χ2v) is 4.85. The normalized spacial score (nSPS) is 18.9. The Morgan fingerprint density at radius 2 is 2.30 bits per heavy atom. The third-order valence-corrected chi connectivity index (χ3v) is 3.42. The molecule has 0 radical (unpaired) electrons. The van der Waals surface area contributed by atoms with E-state index in [9.17, 15) is 9.59 Å². The van der Waals surface area contributed by atoms with Crippen molar-refractivity contribution in [1.82, 2.24) is 19.9 Å². The largest absolute Gasteiger partial charge is 0.466 e. The third-order valence-electron chi connectivity index (χ3n) is 3.42. The van der Waals surface area contributed by atoms with E-state index in [1.807, 2.05) is 0 Å². The van der Waals surface area contributed by atoms with Gasteiger partial charge >= 0.3 is 5.97 Å². The van der Waals surface area contributed by atoms with Gasteiger partial charge < -0.3 is 9.64 Å². The third kappa shape index (κ3) is 3.79. The van der Waals surface area contributed by atoms with Crippen LogP contribution in [0.4, 0.5) is 0 Å². The summed E-state index contributed by atoms with van der Waals surface area (Å²) in [7, 11) is 0. The molecule has 1 fully saturated rings. The number of hydrogen-bond acceptors (Lipinski definition) is 5. The lowest BCUT2D eigenvalue weighted by atomic mass is 9.98. The van der Waals surface area contributed by atoms with Gasteiger partial charge in [-0.1, -0.05) is 5.21 Å². The molecule has 2 rings (SSSR count). The van der Waals surface area contributed by atoms with Gasteiger partial charge in [0, 0.05) is 25.7 Å². The predicted octanol–water partition coefficient (Wildman–Crippen LogP) is 0.470. The summed E-state index contributed by atoms with van der Waals surface area (Å²) < 4.78 is 6.66. The van der Waals surface area contributed by atoms with Crippen LogP contribution in [0.1, 0.15) is 26.2 Å². The summed E-state index contributed by atoms with van der Waals surface area (Å²) in [4.78, 5) is 25.6. The molecule has 1 aliphatic heterocycles. The summed E-state index contributed by atoms with van der Waals surface area (Å²) in [5.74, 6) is -0.324. The van der Waals surface area contributed by atoms with Gasteiger partial charge in [0.1, 0.15) is 0 Å². The average molecular weight is 280 g/mol. The van der Waals surface area contributed by atoms with Crippen molar-refractivity contribution in [1.29, 1.82) is 0 Å². The maximum Gasteiger partial charge on any atom is 0.310 e. The molecule has 1 aromatic rings. The molecular weight excluding hydrogens is 260 g/mol. The Hall–Kier alpha value is -1.92. The highest BCUT2D eigenvalue weighted by Gasteiger charge is 2.29. The molecule has 110 valence electrons. The molecule has 7 nitrogen and oxygen atoms in total. The number of aromatic nitrogens is 3. The van der Waals surface area contributed by atoms with Gasteiger partial charge in [-0.3, -0.25) is 14.3 Å². The van der Waals surface area contributed by atoms with Crippen LogP contribution < -0.4 is 0 Å². The molecule has 0 saturated carbocycles. The summed E-state index contributed by atoms with van der Waals surface area (Å²) in [6.45, 7) is 3.87. The molecule has 0 unspecified atom stereocenters. The number of hydrogen-bond donors (Lipinski definition) is 0. The van der Waals surface area contributed by atoms with Gasteiger partial charge in [0.05, 0.1) is 25.3 Å². The van der Waals surface area contributed by atoms with Crippen molar-refractivity contribution in [3.8, 4) is 0 Å². The Balaban J connectivity index is 1.81. The predicted molar refractivity (Wildman–Crippen MR) is 70.6 cm³/mol. The van der Waals surface area contributed by atoms with Gasteiger partial charge in [-0.25, -0.2) is 0 Å². The van der Waals surface area contributed by atoms with E-state index in [0.717, 1.165) is 12.8 Å². The fraction of sp³-hybridized carbons (Fsp3) is 0.692. The van der Waals surface area contributed by atoms with Gasteiger partial charge in [-0.15, -0.1) is 5.10 Å². The van der Waals surface area contributed by atoms with Crippen LogP contribution in [0.25, 0.3) is 0 Å². The summed E-state index contributed by atoms with van der Waals surface area (Å²) in [5.41, 5.74) is 0. The molecule has 0 aromatic carbocycles. The van der Waals surface area contributed by atoms with Crippen molar-refractivity contribution in [3.63, 3.8) is 0 Å². The number of rotatable bonds is 5. The van der Waals surface area contributed by atoms with Crippen LogP contribution in [0.5, 0.6) is 0 Å². The fourth-order valence-corrected chi connectivity index (χ4v) is 2.38. The minimum Gasteiger partial charge on any atom is -0.466 e. The van der Waals surface area contributed by atoms with E-state index in [4.69, 9.17) is 4.74 Å². The lowest BCUT2D eigenvalue weighted by Crippen LogP contribution is -2.43. The molecule has 1 aliphatic rings. The zero-order valence-corrected chi connectivity index (χ0v) is 11.7. The molecule has 1 saturated heterocycles. The van der Waals surface area contributed by atoms with Crippen LogP contribution in [-0.4, -0.2) is 51.5 Å². The van der Waals surface area contributed by atoms with E-state index in [1.54, 1.807) is 28.9 Å². The topological polar surface area (TPSA) is 77.3 Å². The van der Waals surface area contributed by atoms with Gasteiger partial charge in [0.2, 0.25) is 5.91 Å². The second-order valence-electron chi connectivity index (χ2n) is 4.85. The molecular formula is C13H20N4O3. The number of likely N-dealkylation sites (tertiary alicyclic amines) is 1. The zero-order valence-electron chi connectivity index (χ0n) is 11.7. The number of carbonyl (C=O) groups is 2. The quantitative estimate of drug-likeness (QED) is 0.733. The molecule has 1 atom stereocenters. The summed E-state index contributed by atoms with van der Waals surface area (Å²) in [6.07, 6.45) is 5.33. The minimum atomic E-state index is -0.193. The van der Waals surface area contributed by atoms with Crippen LogP contribution in [-0.2, 0) is 20.9 Å². The Morgan fingerprint density at radius 1 is 1.45 bits per heavy atom. The van der Waals surface area contributed by atoms with Crippen LogP contribution in [0, 0.1) is 5.92 Å². The van der Waals surface area contributed by atoms with Crippen molar-refractivity contribution in [2.75, 3.05) is 19.7 Å². The first-order valence-corrected chi connectivity index (χ1v) is 6.99. The van der Waals surface area contributed by atoms with Gasteiger partial charge in [0.15, 0.2) is 0 Å². The average Bonchev–Trinajstić information content (AvgIpc) is 2.98. The van der Waals surface area contributed by atoms with E-state index in [-0.39, 0.29) is 17.8 Å². The van der Waals surface area contributed by atoms with Crippen molar-refractivity contribution < 1.29 is 14.3 Å². The number of esters is 1. The summed E-state index contributed by atoms with van der Waals surface area (Å²) in [5, 5.41) is 7.52. The minimum absolute atomic E-state index is 0.0505. The maximum absolute atomic E-state index is 12.1. The van der Waals surface area contributed by atoms with E-state index in [2.05, 4.69) is 10.3 Å². The monoisotopic (exact) mass is 280 g/mol. The molecule has 7 heteroatoms. The highest BCUT2D eigenvalue weighted by Crippen LogP contribution is 2.18. The molecule has 0 bridgehead atoms. The van der Waals surface area contributed by atoms with Gasteiger partial charge in [0.25, 0.3) is 0 Å². The van der Waals surface area contributed by atoms with Crippen LogP contribution >= 0.6 is 0 Å². The first kappa shape index (κ1) is 14.5. The zero-order chi connectivity index (χ0) is 14.4. The van der Waals surface area contributed by atoms with Crippen molar-refractivity contribution >= 4 is 11.9 Å².